The summed E-state index contributed by atoms with van der Waals surface area (Å²) in [5, 5.41) is 7.01. The van der Waals surface area contributed by atoms with Gasteiger partial charge in [-0.3, -0.25) is 5.32 Å². The average Bonchev–Trinajstić information content (AvgIpc) is 3.34. The second kappa shape index (κ2) is 9.13. The first-order valence-electron chi connectivity index (χ1n) is 10.1. The Hall–Kier alpha value is -3.46. The lowest BCUT2D eigenvalue weighted by Crippen LogP contribution is -2.20. The van der Waals surface area contributed by atoms with E-state index in [1.54, 1.807) is 18.3 Å². The van der Waals surface area contributed by atoms with E-state index < -0.39 is 6.03 Å². The first kappa shape index (κ1) is 20.8. The third kappa shape index (κ3) is 4.66. The fraction of sp³-hybridized carbons (Fsp3) is 0.318. The molecule has 0 atom stereocenters. The summed E-state index contributed by atoms with van der Waals surface area (Å²) in [4.78, 5) is 19.4. The predicted octanol–water partition coefficient (Wildman–Crippen LogP) is 3.84. The van der Waals surface area contributed by atoms with Crippen LogP contribution in [0.15, 0.2) is 30.6 Å². The normalized spacial score (nSPS) is 14.6. The van der Waals surface area contributed by atoms with Crippen LogP contribution in [0, 0.1) is 12.7 Å². The highest BCUT2D eigenvalue weighted by atomic mass is 19.1. The molecule has 2 aromatic heterocycles. The van der Waals surface area contributed by atoms with E-state index in [1.807, 2.05) is 6.92 Å². The Kier molecular flexibility index (Phi) is 6.13. The minimum absolute atomic E-state index is 0.304. The van der Waals surface area contributed by atoms with Crippen molar-refractivity contribution in [2.45, 2.75) is 19.8 Å². The summed E-state index contributed by atoms with van der Waals surface area (Å²) in [6, 6.07) is 4.05. The van der Waals surface area contributed by atoms with Crippen molar-refractivity contribution in [1.82, 2.24) is 9.97 Å². The van der Waals surface area contributed by atoms with Crippen LogP contribution in [-0.4, -0.2) is 42.4 Å². The van der Waals surface area contributed by atoms with Crippen LogP contribution in [0.25, 0.3) is 21.9 Å². The van der Waals surface area contributed by atoms with E-state index in [0.29, 0.717) is 41.4 Å². The number of nitrogens with two attached hydrogens (primary N) is 1. The third-order valence-corrected chi connectivity index (χ3v) is 5.12. The zero-order chi connectivity index (χ0) is 21.8. The Morgan fingerprint density at radius 3 is 2.61 bits per heavy atom. The molecule has 8 nitrogen and oxygen atoms in total. The third-order valence-electron chi connectivity index (χ3n) is 5.12. The summed E-state index contributed by atoms with van der Waals surface area (Å²) < 4.78 is 25.2. The number of anilines is 2. The smallest absolute Gasteiger partial charge is 0.317 e. The molecule has 1 aromatic carbocycles. The Balaban J connectivity index is 0.000000407. The van der Waals surface area contributed by atoms with Gasteiger partial charge in [0.2, 0.25) is 5.88 Å². The maximum Gasteiger partial charge on any atom is 0.317 e. The first-order valence-corrected chi connectivity index (χ1v) is 10.1. The van der Waals surface area contributed by atoms with Gasteiger partial charge >= 0.3 is 6.03 Å². The molecule has 162 valence electrons. The van der Waals surface area contributed by atoms with Gasteiger partial charge in [-0.1, -0.05) is 0 Å². The van der Waals surface area contributed by atoms with Crippen molar-refractivity contribution in [2.24, 2.45) is 5.73 Å². The number of rotatable bonds is 2. The van der Waals surface area contributed by atoms with E-state index in [0.717, 1.165) is 29.9 Å². The van der Waals surface area contributed by atoms with Gasteiger partial charge in [-0.25, -0.2) is 19.2 Å². The number of pyridine rings is 2. The number of halogens is 1. The van der Waals surface area contributed by atoms with Gasteiger partial charge in [0.15, 0.2) is 0 Å². The number of benzene rings is 1. The number of hydrogen-bond donors (Lipinski definition) is 3. The zero-order valence-corrected chi connectivity index (χ0v) is 17.2. The number of aromatic nitrogens is 2. The topological polar surface area (TPSA) is 111 Å². The highest BCUT2D eigenvalue weighted by Gasteiger charge is 2.19. The summed E-state index contributed by atoms with van der Waals surface area (Å²) in [7, 11) is 0. The molecule has 2 aliphatic rings. The largest absolute Gasteiger partial charge is 0.474 e. The number of nitrogens with one attached hydrogen (secondary N) is 2. The molecule has 3 aromatic rings. The lowest BCUT2D eigenvalue weighted by Gasteiger charge is -2.21. The molecule has 0 bridgehead atoms. The summed E-state index contributed by atoms with van der Waals surface area (Å²) >= 11 is 0. The number of nitrogens with zero attached hydrogens (tertiary/aromatic N) is 2. The second-order valence-corrected chi connectivity index (χ2v) is 7.31. The Bertz CT molecular complexity index is 1110. The summed E-state index contributed by atoms with van der Waals surface area (Å²) in [5.74, 6) is 0.449. The van der Waals surface area contributed by atoms with Crippen molar-refractivity contribution in [3.63, 3.8) is 0 Å². The number of fused-ring (bicyclic) bond motifs is 2. The first-order chi connectivity index (χ1) is 15.0. The van der Waals surface area contributed by atoms with Crippen LogP contribution in [0.1, 0.15) is 18.4 Å². The van der Waals surface area contributed by atoms with Gasteiger partial charge in [0.25, 0.3) is 0 Å². The fourth-order valence-electron chi connectivity index (χ4n) is 3.57. The number of primary amides is 1. The number of carbonyl (C=O) groups excluding carboxylic acids is 1. The number of carbonyl (C=O) groups is 1. The predicted molar refractivity (Wildman–Crippen MR) is 117 cm³/mol. The van der Waals surface area contributed by atoms with E-state index in [2.05, 4.69) is 20.6 Å². The van der Waals surface area contributed by atoms with E-state index in [1.165, 1.54) is 25.1 Å². The molecule has 2 aliphatic heterocycles. The molecular weight excluding hydrogens is 401 g/mol. The monoisotopic (exact) mass is 425 g/mol. The van der Waals surface area contributed by atoms with Crippen molar-refractivity contribution in [3.8, 4) is 17.0 Å². The standard InChI is InChI=1S/C18H16FN5O2.C4H8O/c1-9-13(8-23-17-16(9)21-2-3-26-17)12-4-10-6-15(24-18(20)25)22-7-11(10)5-14(12)19;1-2-4-5-3-1/h4-8,21H,2-3H2,1H3,(H3,20,22,24,25);1-4H2. The minimum atomic E-state index is -0.708. The second-order valence-electron chi connectivity index (χ2n) is 7.31. The summed E-state index contributed by atoms with van der Waals surface area (Å²) in [6.45, 7) is 5.12. The van der Waals surface area contributed by atoms with Crippen molar-refractivity contribution in [1.29, 1.82) is 0 Å². The molecular formula is C22H24FN5O3. The molecule has 4 heterocycles. The average molecular weight is 425 g/mol. The van der Waals surface area contributed by atoms with Gasteiger partial charge in [-0.2, -0.15) is 0 Å². The highest BCUT2D eigenvalue weighted by molar-refractivity contribution is 5.93. The van der Waals surface area contributed by atoms with Crippen LogP contribution in [0.5, 0.6) is 5.88 Å². The molecule has 9 heteroatoms. The number of urea groups is 1. The molecule has 0 radical (unpaired) electrons. The van der Waals surface area contributed by atoms with Crippen LogP contribution in [0.3, 0.4) is 0 Å². The molecule has 31 heavy (non-hydrogen) atoms. The number of ether oxygens (including phenoxy) is 2. The summed E-state index contributed by atoms with van der Waals surface area (Å²) in [6.07, 6.45) is 5.65. The molecule has 4 N–H and O–H groups in total. The van der Waals surface area contributed by atoms with Gasteiger partial charge < -0.3 is 20.5 Å². The van der Waals surface area contributed by atoms with Crippen LogP contribution >= 0.6 is 0 Å². The Morgan fingerprint density at radius 1 is 1.10 bits per heavy atom. The Morgan fingerprint density at radius 2 is 1.90 bits per heavy atom. The van der Waals surface area contributed by atoms with Gasteiger partial charge in [0.05, 0.1) is 0 Å². The molecule has 0 saturated carbocycles. The minimum Gasteiger partial charge on any atom is -0.474 e. The molecule has 2 amide bonds. The van der Waals surface area contributed by atoms with Gasteiger partial charge in [0, 0.05) is 48.7 Å². The van der Waals surface area contributed by atoms with Crippen LogP contribution in [0.4, 0.5) is 20.7 Å². The van der Waals surface area contributed by atoms with Crippen molar-refractivity contribution >= 4 is 28.3 Å². The van der Waals surface area contributed by atoms with E-state index in [4.69, 9.17) is 15.2 Å². The van der Waals surface area contributed by atoms with Crippen LogP contribution < -0.4 is 21.1 Å². The molecule has 0 spiro atoms. The van der Waals surface area contributed by atoms with Crippen LogP contribution in [-0.2, 0) is 4.74 Å². The van der Waals surface area contributed by atoms with Crippen molar-refractivity contribution < 1.29 is 18.7 Å². The van der Waals surface area contributed by atoms with Gasteiger partial charge in [-0.15, -0.1) is 0 Å². The van der Waals surface area contributed by atoms with Crippen LogP contribution in [0.2, 0.25) is 0 Å². The molecule has 1 saturated heterocycles. The lowest BCUT2D eigenvalue weighted by molar-refractivity contribution is 0.198. The SMILES string of the molecule is C1CCOC1.Cc1c(-c2cc3cc(NC(N)=O)ncc3cc2F)cnc2c1NCCO2. The zero-order valence-electron chi connectivity index (χ0n) is 17.2. The van der Waals surface area contributed by atoms with Crippen molar-refractivity contribution in [3.05, 3.63) is 42.0 Å². The maximum atomic E-state index is 14.7. The van der Waals surface area contributed by atoms with Crippen molar-refractivity contribution in [2.75, 3.05) is 37.0 Å². The van der Waals surface area contributed by atoms with Gasteiger partial charge in [0.1, 0.15) is 23.9 Å². The maximum absolute atomic E-state index is 14.7. The van der Waals surface area contributed by atoms with E-state index in [9.17, 15) is 9.18 Å². The number of hydrogen-bond acceptors (Lipinski definition) is 6. The molecule has 5 rings (SSSR count). The number of amides is 2. The van der Waals surface area contributed by atoms with E-state index in [-0.39, 0.29) is 5.82 Å². The molecule has 0 unspecified atom stereocenters. The summed E-state index contributed by atoms with van der Waals surface area (Å²) in [5.41, 5.74) is 7.84. The Labute approximate surface area is 179 Å². The fourth-order valence-corrected chi connectivity index (χ4v) is 3.57. The van der Waals surface area contributed by atoms with Gasteiger partial charge in [-0.05, 0) is 48.9 Å². The highest BCUT2D eigenvalue weighted by Crippen LogP contribution is 2.37. The quantitative estimate of drug-likeness (QED) is 0.575. The van der Waals surface area contributed by atoms with E-state index >= 15 is 0 Å². The molecule has 1 fully saturated rings. The molecule has 0 aliphatic carbocycles. The lowest BCUT2D eigenvalue weighted by atomic mass is 9.98.